The molecule has 1 saturated carbocycles. The first-order chi connectivity index (χ1) is 9.15. The predicted molar refractivity (Wildman–Crippen MR) is 92.7 cm³/mol. The molecule has 2 nitrogen and oxygen atoms in total. The highest BCUT2D eigenvalue weighted by Gasteiger charge is 2.29. The van der Waals surface area contributed by atoms with E-state index in [2.05, 4.69) is 69.1 Å². The van der Waals surface area contributed by atoms with Gasteiger partial charge in [-0.15, -0.1) is 0 Å². The largest absolute Gasteiger partial charge is 0.271 e. The van der Waals surface area contributed by atoms with Gasteiger partial charge in [0.15, 0.2) is 0 Å². The second kappa shape index (κ2) is 7.38. The van der Waals surface area contributed by atoms with E-state index in [1.807, 2.05) is 0 Å². The Labute approximate surface area is 138 Å². The first-order valence-electron chi connectivity index (χ1n) is 7.06. The van der Waals surface area contributed by atoms with Crippen molar-refractivity contribution in [1.29, 1.82) is 0 Å². The lowest BCUT2D eigenvalue weighted by atomic mass is 9.75. The van der Waals surface area contributed by atoms with Gasteiger partial charge in [0.05, 0.1) is 0 Å². The minimum atomic E-state index is 0.262. The number of halogens is 2. The fourth-order valence-electron chi connectivity index (χ4n) is 3.24. The van der Waals surface area contributed by atoms with Crippen LogP contribution in [0.2, 0.25) is 0 Å². The molecular formula is C15H22BrIN2. The van der Waals surface area contributed by atoms with E-state index in [1.165, 1.54) is 41.2 Å². The third-order valence-electron chi connectivity index (χ3n) is 4.34. The van der Waals surface area contributed by atoms with E-state index in [1.54, 1.807) is 0 Å². The fraction of sp³-hybridized carbons (Fsp3) is 0.600. The first kappa shape index (κ1) is 15.7. The van der Waals surface area contributed by atoms with E-state index < -0.39 is 0 Å². The van der Waals surface area contributed by atoms with Crippen molar-refractivity contribution in [1.82, 2.24) is 5.43 Å². The molecule has 3 atom stereocenters. The van der Waals surface area contributed by atoms with E-state index >= 15 is 0 Å². The molecule has 4 heteroatoms. The summed E-state index contributed by atoms with van der Waals surface area (Å²) in [6.07, 6.45) is 6.59. The standard InChI is InChI=1S/C15H22BrIN2/c1-2-10-4-3-5-11(8-10)15(19-18)13-9-12(17)6-7-14(13)16/h6-7,9-11,15,19H,2-5,8,18H2,1H3. The molecule has 0 aliphatic heterocycles. The number of benzene rings is 1. The molecule has 0 amide bonds. The molecule has 2 rings (SSSR count). The normalized spacial score (nSPS) is 25.3. The highest BCUT2D eigenvalue weighted by atomic mass is 127. The summed E-state index contributed by atoms with van der Waals surface area (Å²) < 4.78 is 2.42. The molecule has 0 bridgehead atoms. The van der Waals surface area contributed by atoms with Crippen LogP contribution in [0.4, 0.5) is 0 Å². The number of hydrogen-bond donors (Lipinski definition) is 2. The summed E-state index contributed by atoms with van der Waals surface area (Å²) in [5.74, 6) is 7.39. The highest BCUT2D eigenvalue weighted by Crippen LogP contribution is 2.40. The van der Waals surface area contributed by atoms with Gasteiger partial charge in [0.25, 0.3) is 0 Å². The Kier molecular flexibility index (Phi) is 6.11. The maximum Gasteiger partial charge on any atom is 0.0499 e. The molecule has 0 aromatic heterocycles. The Morgan fingerprint density at radius 3 is 2.95 bits per heavy atom. The number of hydrazine groups is 1. The van der Waals surface area contributed by atoms with Crippen LogP contribution in [-0.4, -0.2) is 0 Å². The summed E-state index contributed by atoms with van der Waals surface area (Å²) in [6.45, 7) is 2.30. The zero-order chi connectivity index (χ0) is 13.8. The molecule has 19 heavy (non-hydrogen) atoms. The van der Waals surface area contributed by atoms with Gasteiger partial charge in [-0.1, -0.05) is 42.1 Å². The molecule has 3 unspecified atom stereocenters. The fourth-order valence-corrected chi connectivity index (χ4v) is 4.25. The topological polar surface area (TPSA) is 38.0 Å². The van der Waals surface area contributed by atoms with Crippen LogP contribution in [0.5, 0.6) is 0 Å². The molecule has 0 heterocycles. The molecule has 0 saturated heterocycles. The van der Waals surface area contributed by atoms with Crippen LogP contribution in [0.15, 0.2) is 22.7 Å². The van der Waals surface area contributed by atoms with Crippen molar-refractivity contribution in [3.63, 3.8) is 0 Å². The van der Waals surface area contributed by atoms with Gasteiger partial charge in [0.2, 0.25) is 0 Å². The van der Waals surface area contributed by atoms with Crippen molar-refractivity contribution >= 4 is 38.5 Å². The Bertz CT molecular complexity index is 425. The number of hydrogen-bond acceptors (Lipinski definition) is 2. The zero-order valence-electron chi connectivity index (χ0n) is 11.3. The summed E-state index contributed by atoms with van der Waals surface area (Å²) in [5.41, 5.74) is 4.37. The average Bonchev–Trinajstić information content (AvgIpc) is 2.44. The maximum absolute atomic E-state index is 5.87. The average molecular weight is 437 g/mol. The van der Waals surface area contributed by atoms with Crippen LogP contribution < -0.4 is 11.3 Å². The van der Waals surface area contributed by atoms with Crippen molar-refractivity contribution in [2.75, 3.05) is 0 Å². The van der Waals surface area contributed by atoms with E-state index in [4.69, 9.17) is 5.84 Å². The molecule has 0 radical (unpaired) electrons. The van der Waals surface area contributed by atoms with Crippen molar-refractivity contribution in [3.8, 4) is 0 Å². The van der Waals surface area contributed by atoms with Gasteiger partial charge < -0.3 is 0 Å². The quantitative estimate of drug-likeness (QED) is 0.405. The number of nitrogens with one attached hydrogen (secondary N) is 1. The highest BCUT2D eigenvalue weighted by molar-refractivity contribution is 14.1. The van der Waals surface area contributed by atoms with Gasteiger partial charge in [-0.2, -0.15) is 0 Å². The van der Waals surface area contributed by atoms with E-state index in [0.717, 1.165) is 10.4 Å². The molecule has 3 N–H and O–H groups in total. The van der Waals surface area contributed by atoms with Gasteiger partial charge in [-0.3, -0.25) is 11.3 Å². The van der Waals surface area contributed by atoms with Crippen LogP contribution in [0, 0.1) is 15.4 Å². The monoisotopic (exact) mass is 436 g/mol. The Morgan fingerprint density at radius 1 is 1.47 bits per heavy atom. The number of nitrogens with two attached hydrogens (primary N) is 1. The van der Waals surface area contributed by atoms with E-state index in [0.29, 0.717) is 5.92 Å². The minimum Gasteiger partial charge on any atom is -0.271 e. The second-order valence-corrected chi connectivity index (χ2v) is 7.61. The number of rotatable bonds is 4. The zero-order valence-corrected chi connectivity index (χ0v) is 15.1. The van der Waals surface area contributed by atoms with Crippen LogP contribution in [0.25, 0.3) is 0 Å². The van der Waals surface area contributed by atoms with Crippen LogP contribution in [0.1, 0.15) is 50.6 Å². The van der Waals surface area contributed by atoms with Crippen molar-refractivity contribution < 1.29 is 0 Å². The molecule has 1 fully saturated rings. The van der Waals surface area contributed by atoms with E-state index in [9.17, 15) is 0 Å². The minimum absolute atomic E-state index is 0.262. The van der Waals surface area contributed by atoms with Crippen LogP contribution in [0.3, 0.4) is 0 Å². The summed E-state index contributed by atoms with van der Waals surface area (Å²) in [7, 11) is 0. The smallest absolute Gasteiger partial charge is 0.0499 e. The lowest BCUT2D eigenvalue weighted by Gasteiger charge is -2.34. The van der Waals surface area contributed by atoms with Gasteiger partial charge in [0.1, 0.15) is 0 Å². The van der Waals surface area contributed by atoms with Gasteiger partial charge >= 0.3 is 0 Å². The third kappa shape index (κ3) is 3.93. The Morgan fingerprint density at radius 2 is 2.26 bits per heavy atom. The van der Waals surface area contributed by atoms with Crippen molar-refractivity contribution in [3.05, 3.63) is 31.8 Å². The van der Waals surface area contributed by atoms with E-state index in [-0.39, 0.29) is 6.04 Å². The van der Waals surface area contributed by atoms with Gasteiger partial charge in [0, 0.05) is 14.1 Å². The first-order valence-corrected chi connectivity index (χ1v) is 8.94. The van der Waals surface area contributed by atoms with Crippen molar-refractivity contribution in [2.45, 2.75) is 45.1 Å². The predicted octanol–water partition coefficient (Wildman–Crippen LogP) is 4.77. The van der Waals surface area contributed by atoms with Crippen LogP contribution >= 0.6 is 38.5 Å². The maximum atomic E-state index is 5.87. The Hall–Kier alpha value is 0.350. The summed E-state index contributed by atoms with van der Waals surface area (Å²) >= 11 is 6.04. The molecule has 1 aromatic carbocycles. The summed E-state index contributed by atoms with van der Waals surface area (Å²) in [4.78, 5) is 0. The second-order valence-electron chi connectivity index (χ2n) is 5.51. The molecule has 0 spiro atoms. The lowest BCUT2D eigenvalue weighted by Crippen LogP contribution is -2.36. The van der Waals surface area contributed by atoms with Crippen molar-refractivity contribution in [2.24, 2.45) is 17.7 Å². The van der Waals surface area contributed by atoms with Gasteiger partial charge in [-0.25, -0.2) is 0 Å². The molecular weight excluding hydrogens is 415 g/mol. The summed E-state index contributed by atoms with van der Waals surface area (Å²) in [6, 6.07) is 6.75. The van der Waals surface area contributed by atoms with Crippen LogP contribution in [-0.2, 0) is 0 Å². The third-order valence-corrected chi connectivity index (χ3v) is 5.74. The van der Waals surface area contributed by atoms with Gasteiger partial charge in [-0.05, 0) is 71.0 Å². The molecule has 1 aliphatic carbocycles. The SMILES string of the molecule is CCC1CCCC(C(NN)c2cc(I)ccc2Br)C1. The molecule has 1 aromatic rings. The Balaban J connectivity index is 2.21. The lowest BCUT2D eigenvalue weighted by molar-refractivity contribution is 0.209. The summed E-state index contributed by atoms with van der Waals surface area (Å²) in [5, 5.41) is 0. The molecule has 1 aliphatic rings. The molecule has 106 valence electrons.